The van der Waals surface area contributed by atoms with Gasteiger partial charge in [-0.15, -0.1) is 10.2 Å². The number of benzene rings is 1. The Balaban J connectivity index is 2.12. The van der Waals surface area contributed by atoms with E-state index in [9.17, 15) is 8.78 Å². The zero-order chi connectivity index (χ0) is 13.4. The molecular formula is C13H14F2N4. The van der Waals surface area contributed by atoms with Gasteiger partial charge in [-0.3, -0.25) is 0 Å². The maximum Gasteiger partial charge on any atom is 0.167 e. The lowest BCUT2D eigenvalue weighted by Gasteiger charge is -2.08. The molecule has 2 aromatic rings. The van der Waals surface area contributed by atoms with Crippen molar-refractivity contribution >= 4 is 5.69 Å². The molecule has 0 amide bonds. The van der Waals surface area contributed by atoms with Crippen LogP contribution in [-0.4, -0.2) is 14.8 Å². The molecule has 1 aromatic carbocycles. The molecule has 1 aromatic heterocycles. The van der Waals surface area contributed by atoms with Gasteiger partial charge in [0.25, 0.3) is 0 Å². The number of aryl methyl sites for hydroxylation is 1. The average Bonchev–Trinajstić information content (AvgIpc) is 2.63. The third-order valence-corrected chi connectivity index (χ3v) is 3.44. The number of halogens is 2. The number of nitrogen functional groups attached to an aromatic ring is 1. The number of rotatable bonds is 1. The van der Waals surface area contributed by atoms with Crippen molar-refractivity contribution in [1.29, 1.82) is 0 Å². The van der Waals surface area contributed by atoms with Gasteiger partial charge in [-0.05, 0) is 18.9 Å². The van der Waals surface area contributed by atoms with Crippen LogP contribution in [0.15, 0.2) is 12.1 Å². The van der Waals surface area contributed by atoms with Gasteiger partial charge in [-0.1, -0.05) is 6.42 Å². The molecule has 0 fully saturated rings. The Bertz CT molecular complexity index is 621. The van der Waals surface area contributed by atoms with Gasteiger partial charge in [0.1, 0.15) is 17.5 Å². The number of hydrogen-bond acceptors (Lipinski definition) is 3. The molecule has 0 spiro atoms. The summed E-state index contributed by atoms with van der Waals surface area (Å²) in [7, 11) is 0. The third-order valence-electron chi connectivity index (χ3n) is 3.44. The highest BCUT2D eigenvalue weighted by molar-refractivity contribution is 5.62. The van der Waals surface area contributed by atoms with Gasteiger partial charge < -0.3 is 10.3 Å². The molecule has 100 valence electrons. The van der Waals surface area contributed by atoms with E-state index < -0.39 is 11.6 Å². The summed E-state index contributed by atoms with van der Waals surface area (Å²) in [5.74, 6) is -0.126. The first kappa shape index (κ1) is 12.1. The Labute approximate surface area is 109 Å². The Hall–Kier alpha value is -1.98. The predicted octanol–water partition coefficient (Wildman–Crippen LogP) is 2.53. The molecule has 3 rings (SSSR count). The van der Waals surface area contributed by atoms with Crippen LogP contribution in [0.1, 0.15) is 25.1 Å². The van der Waals surface area contributed by atoms with Gasteiger partial charge in [0, 0.05) is 19.0 Å². The van der Waals surface area contributed by atoms with Crippen molar-refractivity contribution in [3.05, 3.63) is 29.6 Å². The maximum absolute atomic E-state index is 13.9. The fourth-order valence-electron chi connectivity index (χ4n) is 2.42. The SMILES string of the molecule is Nc1cc(-c2nnc3n2CCCCC3)c(F)cc1F. The first-order chi connectivity index (χ1) is 9.16. The lowest BCUT2D eigenvalue weighted by atomic mass is 10.1. The topological polar surface area (TPSA) is 56.7 Å². The molecule has 0 aliphatic carbocycles. The monoisotopic (exact) mass is 264 g/mol. The van der Waals surface area contributed by atoms with Gasteiger partial charge >= 0.3 is 0 Å². The smallest absolute Gasteiger partial charge is 0.167 e. The van der Waals surface area contributed by atoms with E-state index >= 15 is 0 Å². The van der Waals surface area contributed by atoms with Crippen LogP contribution in [0.5, 0.6) is 0 Å². The normalized spacial score (nSPS) is 15.1. The minimum absolute atomic E-state index is 0.0811. The van der Waals surface area contributed by atoms with Crippen molar-refractivity contribution in [1.82, 2.24) is 14.8 Å². The molecule has 0 bridgehead atoms. The standard InChI is InChI=1S/C13H14F2N4/c14-9-7-10(15)11(16)6-8(9)13-18-17-12-4-2-1-3-5-19(12)13/h6-7H,1-5,16H2. The summed E-state index contributed by atoms with van der Waals surface area (Å²) in [6.45, 7) is 0.758. The van der Waals surface area contributed by atoms with Crippen molar-refractivity contribution in [2.24, 2.45) is 0 Å². The summed E-state index contributed by atoms with van der Waals surface area (Å²) < 4.78 is 29.0. The number of hydrogen-bond donors (Lipinski definition) is 1. The lowest BCUT2D eigenvalue weighted by molar-refractivity contribution is 0.584. The van der Waals surface area contributed by atoms with Crippen LogP contribution in [0.25, 0.3) is 11.4 Å². The molecule has 0 atom stereocenters. The summed E-state index contributed by atoms with van der Waals surface area (Å²) in [4.78, 5) is 0. The molecule has 4 nitrogen and oxygen atoms in total. The second-order valence-electron chi connectivity index (χ2n) is 4.76. The van der Waals surface area contributed by atoms with Gasteiger partial charge in [0.15, 0.2) is 5.82 Å². The fourth-order valence-corrected chi connectivity index (χ4v) is 2.42. The Kier molecular flexibility index (Phi) is 2.93. The molecule has 2 N–H and O–H groups in total. The third kappa shape index (κ3) is 2.07. The van der Waals surface area contributed by atoms with Crippen LogP contribution in [-0.2, 0) is 13.0 Å². The minimum atomic E-state index is -0.753. The van der Waals surface area contributed by atoms with Crippen molar-refractivity contribution in [3.8, 4) is 11.4 Å². The average molecular weight is 264 g/mol. The summed E-state index contributed by atoms with van der Waals surface area (Å²) in [6, 6.07) is 2.08. The van der Waals surface area contributed by atoms with Crippen LogP contribution < -0.4 is 5.73 Å². The van der Waals surface area contributed by atoms with E-state index in [0.717, 1.165) is 44.1 Å². The Morgan fingerprint density at radius 2 is 1.89 bits per heavy atom. The van der Waals surface area contributed by atoms with E-state index in [-0.39, 0.29) is 11.3 Å². The molecule has 1 aliphatic rings. The highest BCUT2D eigenvalue weighted by Gasteiger charge is 2.19. The second-order valence-corrected chi connectivity index (χ2v) is 4.76. The van der Waals surface area contributed by atoms with Crippen LogP contribution in [0.2, 0.25) is 0 Å². The minimum Gasteiger partial charge on any atom is -0.396 e. The first-order valence-electron chi connectivity index (χ1n) is 6.34. The Morgan fingerprint density at radius 1 is 1.05 bits per heavy atom. The molecule has 1 aliphatic heterocycles. The second kappa shape index (κ2) is 4.60. The molecule has 0 unspecified atom stereocenters. The largest absolute Gasteiger partial charge is 0.396 e. The van der Waals surface area contributed by atoms with Crippen molar-refractivity contribution < 1.29 is 8.78 Å². The zero-order valence-electron chi connectivity index (χ0n) is 10.4. The highest BCUT2D eigenvalue weighted by Crippen LogP contribution is 2.27. The van der Waals surface area contributed by atoms with Crippen molar-refractivity contribution in [2.45, 2.75) is 32.2 Å². The zero-order valence-corrected chi connectivity index (χ0v) is 10.4. The van der Waals surface area contributed by atoms with E-state index in [4.69, 9.17) is 5.73 Å². The number of fused-ring (bicyclic) bond motifs is 1. The predicted molar refractivity (Wildman–Crippen MR) is 67.3 cm³/mol. The molecule has 0 radical (unpaired) electrons. The van der Waals surface area contributed by atoms with Gasteiger partial charge in [0.05, 0.1) is 11.3 Å². The number of nitrogens with two attached hydrogens (primary N) is 1. The summed E-state index contributed by atoms with van der Waals surface area (Å²) >= 11 is 0. The van der Waals surface area contributed by atoms with Crippen LogP contribution in [0, 0.1) is 11.6 Å². The number of aromatic nitrogens is 3. The molecule has 2 heterocycles. The van der Waals surface area contributed by atoms with E-state index in [1.807, 2.05) is 4.57 Å². The first-order valence-corrected chi connectivity index (χ1v) is 6.34. The molecule has 0 saturated heterocycles. The molecular weight excluding hydrogens is 250 g/mol. The van der Waals surface area contributed by atoms with Crippen molar-refractivity contribution in [2.75, 3.05) is 5.73 Å². The summed E-state index contributed by atoms with van der Waals surface area (Å²) in [5, 5.41) is 8.13. The van der Waals surface area contributed by atoms with Gasteiger partial charge in [-0.25, -0.2) is 8.78 Å². The van der Waals surface area contributed by atoms with E-state index in [1.54, 1.807) is 0 Å². The Morgan fingerprint density at radius 3 is 2.74 bits per heavy atom. The molecule has 0 saturated carbocycles. The maximum atomic E-state index is 13.9. The van der Waals surface area contributed by atoms with Crippen LogP contribution in [0.4, 0.5) is 14.5 Å². The van der Waals surface area contributed by atoms with Crippen molar-refractivity contribution in [3.63, 3.8) is 0 Å². The highest BCUT2D eigenvalue weighted by atomic mass is 19.1. The van der Waals surface area contributed by atoms with Gasteiger partial charge in [-0.2, -0.15) is 0 Å². The lowest BCUT2D eigenvalue weighted by Crippen LogP contribution is -2.05. The summed E-state index contributed by atoms with van der Waals surface area (Å²) in [6.07, 6.45) is 4.03. The summed E-state index contributed by atoms with van der Waals surface area (Å²) in [5.41, 5.74) is 5.63. The molecule has 6 heteroatoms. The fraction of sp³-hybridized carbons (Fsp3) is 0.385. The number of anilines is 1. The van der Waals surface area contributed by atoms with Crippen LogP contribution >= 0.6 is 0 Å². The van der Waals surface area contributed by atoms with Gasteiger partial charge in [0.2, 0.25) is 0 Å². The van der Waals surface area contributed by atoms with Crippen LogP contribution in [0.3, 0.4) is 0 Å². The van der Waals surface area contributed by atoms with E-state index in [2.05, 4.69) is 10.2 Å². The van der Waals surface area contributed by atoms with E-state index in [0.29, 0.717) is 5.82 Å². The molecule has 19 heavy (non-hydrogen) atoms. The van der Waals surface area contributed by atoms with E-state index in [1.165, 1.54) is 6.07 Å². The number of nitrogens with zero attached hydrogens (tertiary/aromatic N) is 3. The quantitative estimate of drug-likeness (QED) is 0.805.